The van der Waals surface area contributed by atoms with Gasteiger partial charge in [0.15, 0.2) is 0 Å². The summed E-state index contributed by atoms with van der Waals surface area (Å²) in [6, 6.07) is 0. The van der Waals surface area contributed by atoms with Crippen molar-refractivity contribution in [1.82, 2.24) is 0 Å². The van der Waals surface area contributed by atoms with Gasteiger partial charge in [-0.15, -0.1) is 0 Å². The molecule has 0 aliphatic rings. The number of rotatable bonds is 0. The molecule has 4 N–H and O–H groups in total. The number of hydrogen-bond donors (Lipinski definition) is 2. The first-order valence-electron chi connectivity index (χ1n) is 5.62. The fourth-order valence-corrected chi connectivity index (χ4v) is 0. The number of aliphatic carboxylic acids is 4. The van der Waals surface area contributed by atoms with Crippen LogP contribution in [0.1, 0.15) is 41.5 Å². The molecule has 0 atom stereocenters. The Morgan fingerprint density at radius 1 is 0.480 bits per heavy atom. The van der Waals surface area contributed by atoms with Crippen LogP contribution in [0.5, 0.6) is 0 Å². The largest absolute Gasteiger partial charge is 4.00 e. The molecule has 0 spiro atoms. The summed E-state index contributed by atoms with van der Waals surface area (Å²) >= 11 is 0. The Balaban J connectivity index is -0.0000000309. The maximum absolute atomic E-state index is 9.22. The van der Waals surface area contributed by atoms with Gasteiger partial charge < -0.3 is 51.1 Å². The molecule has 0 saturated carbocycles. The van der Waals surface area contributed by atoms with Crippen LogP contribution >= 0.6 is 0 Å². The number of hydrogen-bond acceptors (Lipinski definition) is 10. The van der Waals surface area contributed by atoms with Gasteiger partial charge in [-0.25, -0.2) is 0 Å². The van der Waals surface area contributed by atoms with Crippen LogP contribution in [-0.2, 0) is 50.5 Å². The third kappa shape index (κ3) is 1350. The number of carbonyl (C=O) groups excluding carboxylic acids is 6. The predicted molar refractivity (Wildman–Crippen MR) is 72.5 cm³/mol. The van der Waals surface area contributed by atoms with Crippen molar-refractivity contribution in [2.45, 2.75) is 41.5 Å². The van der Waals surface area contributed by atoms with Crippen LogP contribution in [0, 0.1) is 0 Å². The molecule has 0 fully saturated rings. The second-order valence-electron chi connectivity index (χ2n) is 3.19. The molecular weight excluding hydrogens is 380 g/mol. The molecule has 2 amide bonds. The van der Waals surface area contributed by atoms with Crippen LogP contribution in [-0.4, -0.2) is 35.7 Å². The molecule has 0 bridgehead atoms. The Bertz CT molecular complexity index is 269. The van der Waals surface area contributed by atoms with Crippen LogP contribution in [0.25, 0.3) is 0 Å². The van der Waals surface area contributed by atoms with Crippen molar-refractivity contribution in [3.8, 4) is 0 Å². The number of carboxylic acid groups (broad SMARTS) is 4. The Morgan fingerprint density at radius 3 is 0.480 bits per heavy atom. The first-order valence-corrected chi connectivity index (χ1v) is 5.62. The standard InChI is InChI=1S/2C2H5NO.4C2H4O2.Ti/c6*1-2(3)4;/h2*1H3,(H2,3,4);4*1H3,(H,3,4);/q;;;;;;+4/p-4. The zero-order chi connectivity index (χ0) is 21.5. The molecule has 13 heteroatoms. The summed E-state index contributed by atoms with van der Waals surface area (Å²) in [5.74, 6) is -5.00. The first-order chi connectivity index (χ1) is 10.4. The first kappa shape index (κ1) is 43.3. The quantitative estimate of drug-likeness (QED) is 0.363. The van der Waals surface area contributed by atoms with E-state index in [1.807, 2.05) is 0 Å². The van der Waals surface area contributed by atoms with Crippen molar-refractivity contribution in [2.75, 3.05) is 0 Å². The monoisotopic (exact) mass is 402 g/mol. The Morgan fingerprint density at radius 2 is 0.480 bits per heavy atom. The van der Waals surface area contributed by atoms with E-state index in [2.05, 4.69) is 11.5 Å². The van der Waals surface area contributed by atoms with Crippen molar-refractivity contribution in [1.29, 1.82) is 0 Å². The van der Waals surface area contributed by atoms with Gasteiger partial charge in [0.25, 0.3) is 0 Å². The third-order valence-electron chi connectivity index (χ3n) is 0. The van der Waals surface area contributed by atoms with E-state index in [1.165, 1.54) is 13.8 Å². The van der Waals surface area contributed by atoms with E-state index in [9.17, 15) is 9.59 Å². The fourth-order valence-electron chi connectivity index (χ4n) is 0. The molecule has 25 heavy (non-hydrogen) atoms. The van der Waals surface area contributed by atoms with Crippen molar-refractivity contribution < 1.29 is 70.9 Å². The van der Waals surface area contributed by atoms with Crippen molar-refractivity contribution in [3.63, 3.8) is 0 Å². The van der Waals surface area contributed by atoms with Gasteiger partial charge in [-0.3, -0.25) is 9.59 Å². The Kier molecular flexibility index (Phi) is 65.2. The van der Waals surface area contributed by atoms with Crippen LogP contribution in [0.4, 0.5) is 0 Å². The second-order valence-corrected chi connectivity index (χ2v) is 3.19. The Labute approximate surface area is 160 Å². The minimum absolute atomic E-state index is 0. The molecule has 0 radical (unpaired) electrons. The van der Waals surface area contributed by atoms with Crippen molar-refractivity contribution in [2.24, 2.45) is 11.5 Å². The topological polar surface area (TPSA) is 247 Å². The van der Waals surface area contributed by atoms with Crippen molar-refractivity contribution in [3.05, 3.63) is 0 Å². The number of carboxylic acids is 4. The van der Waals surface area contributed by atoms with Crippen LogP contribution in [0.3, 0.4) is 0 Å². The van der Waals surface area contributed by atoms with E-state index in [0.717, 1.165) is 27.7 Å². The van der Waals surface area contributed by atoms with Gasteiger partial charge in [-0.05, 0) is 27.7 Å². The van der Waals surface area contributed by atoms with Gasteiger partial charge >= 0.3 is 21.7 Å². The molecule has 144 valence electrons. The molecule has 0 saturated heterocycles. The predicted octanol–water partition coefficient (Wildman–Crippen LogP) is -5.99. The third-order valence-corrected chi connectivity index (χ3v) is 0. The minimum Gasteiger partial charge on any atom is -0.550 e. The van der Waals surface area contributed by atoms with E-state index in [4.69, 9.17) is 39.6 Å². The van der Waals surface area contributed by atoms with Gasteiger partial charge in [0, 0.05) is 37.7 Å². The van der Waals surface area contributed by atoms with E-state index in [0.29, 0.717) is 0 Å². The second kappa shape index (κ2) is 37.6. The molecule has 0 aliphatic carbocycles. The average molecular weight is 402 g/mol. The van der Waals surface area contributed by atoms with Gasteiger partial charge in [0.1, 0.15) is 0 Å². The number of nitrogens with two attached hydrogens (primary N) is 2. The van der Waals surface area contributed by atoms with Gasteiger partial charge in [0.2, 0.25) is 11.8 Å². The summed E-state index contributed by atoms with van der Waals surface area (Å²) in [6.07, 6.45) is 0. The smallest absolute Gasteiger partial charge is 0.550 e. The van der Waals surface area contributed by atoms with E-state index >= 15 is 0 Å². The average Bonchev–Trinajstić information content (AvgIpc) is 2.08. The van der Waals surface area contributed by atoms with Crippen LogP contribution < -0.4 is 31.9 Å². The summed E-state index contributed by atoms with van der Waals surface area (Å²) < 4.78 is 0. The van der Waals surface area contributed by atoms with Crippen LogP contribution in [0.2, 0.25) is 0 Å². The number of primary amides is 2. The van der Waals surface area contributed by atoms with Crippen LogP contribution in [0.15, 0.2) is 0 Å². The summed E-state index contributed by atoms with van der Waals surface area (Å²) in [4.78, 5) is 54.0. The molecule has 12 nitrogen and oxygen atoms in total. The summed E-state index contributed by atoms with van der Waals surface area (Å²) in [5, 5.41) is 35.6. The molecule has 0 aromatic heterocycles. The van der Waals surface area contributed by atoms with E-state index < -0.39 is 23.9 Å². The summed E-state index contributed by atoms with van der Waals surface area (Å²) in [7, 11) is 0. The Hall–Kier alpha value is -2.47. The molecule has 0 heterocycles. The van der Waals surface area contributed by atoms with Gasteiger partial charge in [-0.1, -0.05) is 0 Å². The number of carbonyl (C=O) groups is 6. The fraction of sp³-hybridized carbons (Fsp3) is 0.500. The molecule has 0 rings (SSSR count). The van der Waals surface area contributed by atoms with Gasteiger partial charge in [-0.2, -0.15) is 0 Å². The molecule has 0 aromatic rings. The molecular formula is C12H22N2O10Ti. The maximum atomic E-state index is 9.22. The minimum atomic E-state index is -1.08. The molecule has 0 aromatic carbocycles. The summed E-state index contributed by atoms with van der Waals surface area (Å²) in [5.41, 5.74) is 8.94. The maximum Gasteiger partial charge on any atom is 4.00 e. The zero-order valence-corrected chi connectivity index (χ0v) is 16.3. The SMILES string of the molecule is CC(=O)[O-].CC(=O)[O-].CC(=O)[O-].CC(=O)[O-].CC(N)=O.CC(N)=O.[Ti+4]. The summed E-state index contributed by atoms with van der Waals surface area (Å²) in [6.45, 7) is 6.50. The number of amides is 2. The molecule has 0 aliphatic heterocycles. The van der Waals surface area contributed by atoms with Gasteiger partial charge in [0.05, 0.1) is 0 Å². The van der Waals surface area contributed by atoms with Crippen molar-refractivity contribution >= 4 is 35.7 Å². The zero-order valence-electron chi connectivity index (χ0n) is 14.7. The normalized spacial score (nSPS) is 6.00. The molecule has 0 unspecified atom stereocenters. The van der Waals surface area contributed by atoms with E-state index in [1.54, 1.807) is 0 Å². The van der Waals surface area contributed by atoms with E-state index in [-0.39, 0.29) is 33.5 Å².